The van der Waals surface area contributed by atoms with Crippen molar-refractivity contribution < 1.29 is 22.8 Å². The van der Waals surface area contributed by atoms with Crippen LogP contribution in [0.3, 0.4) is 0 Å². The number of carbonyl (C=O) groups is 1. The summed E-state index contributed by atoms with van der Waals surface area (Å²) in [4.78, 5) is 12.9. The first-order valence-corrected chi connectivity index (χ1v) is 22.0. The molecule has 0 aromatic heterocycles. The Bertz CT molecular complexity index is 964. The van der Waals surface area contributed by atoms with Gasteiger partial charge in [0.05, 0.1) is 19.3 Å². The fraction of sp³-hybridized carbons (Fsp3) is 0.750. The Morgan fingerprint density at radius 1 is 0.818 bits per heavy atom. The Kier molecular flexibility index (Phi) is 20.5. The van der Waals surface area contributed by atoms with E-state index in [9.17, 15) is 9.36 Å². The smallest absolute Gasteiger partial charge is 0.353 e. The van der Waals surface area contributed by atoms with Crippen LogP contribution in [0, 0.1) is 0 Å². The summed E-state index contributed by atoms with van der Waals surface area (Å²) in [7, 11) is -5.30. The molecule has 1 rings (SSSR count). The maximum absolute atomic E-state index is 13.1. The summed E-state index contributed by atoms with van der Waals surface area (Å²) in [6, 6.07) is 7.79. The van der Waals surface area contributed by atoms with Gasteiger partial charge in [0.25, 0.3) is 0 Å². The second kappa shape index (κ2) is 22.2. The van der Waals surface area contributed by atoms with Gasteiger partial charge < -0.3 is 18.8 Å². The number of hydrogen-bond donors (Lipinski definition) is 1. The fourth-order valence-electron chi connectivity index (χ4n) is 4.84. The van der Waals surface area contributed by atoms with Gasteiger partial charge in [-0.05, 0) is 62.5 Å². The zero-order chi connectivity index (χ0) is 32.9. The normalized spacial score (nSPS) is 13.4. The molecule has 1 atom stereocenters. The highest BCUT2D eigenvalue weighted by Crippen LogP contribution is 2.49. The Morgan fingerprint density at radius 2 is 1.30 bits per heavy atom. The highest BCUT2D eigenvalue weighted by molar-refractivity contribution is 7.57. The first-order chi connectivity index (χ1) is 20.9. The molecule has 8 heteroatoms. The van der Waals surface area contributed by atoms with Crippen molar-refractivity contribution in [2.75, 3.05) is 13.2 Å². The van der Waals surface area contributed by atoms with Crippen LogP contribution in [0.15, 0.2) is 36.2 Å². The minimum Gasteiger partial charge on any atom is -0.544 e. The summed E-state index contributed by atoms with van der Waals surface area (Å²) in [5, 5.41) is 3.28. The van der Waals surface area contributed by atoms with E-state index in [1.54, 1.807) is 19.9 Å². The van der Waals surface area contributed by atoms with Gasteiger partial charge in [-0.1, -0.05) is 123 Å². The lowest BCUT2D eigenvalue weighted by Gasteiger charge is -2.36. The van der Waals surface area contributed by atoms with Crippen LogP contribution in [0.25, 0.3) is 0 Å². The number of nitrogens with one attached hydrogen (secondary N) is 1. The molecule has 0 fully saturated rings. The quantitative estimate of drug-likeness (QED) is 0.0647. The molecule has 0 spiro atoms. The summed E-state index contributed by atoms with van der Waals surface area (Å²) < 4.78 is 30.4. The standard InChI is InChI=1S/C36H66NO5PSi/c1-9-12-13-14-15-16-17-18-19-20-21-22-23-24-35(38)37-33(29-30-43(39,40-10-2)41-11-3)31-32-25-27-34(28-26-32)42-44(7,8)36(4,5)6/h25-30,33H,9-24,31H2,1-8H3,(H,37,38)/b30-29+/t33-/m0/s1. The maximum Gasteiger partial charge on any atom is 0.353 e. The molecule has 0 saturated carbocycles. The van der Waals surface area contributed by atoms with Crippen LogP contribution in [0.5, 0.6) is 5.75 Å². The van der Waals surface area contributed by atoms with Crippen molar-refractivity contribution in [3.05, 3.63) is 41.7 Å². The van der Waals surface area contributed by atoms with Crippen molar-refractivity contribution in [1.29, 1.82) is 0 Å². The van der Waals surface area contributed by atoms with E-state index in [0.29, 0.717) is 12.8 Å². The molecule has 254 valence electrons. The van der Waals surface area contributed by atoms with Gasteiger partial charge >= 0.3 is 7.60 Å². The Labute approximate surface area is 272 Å². The molecule has 0 unspecified atom stereocenters. The van der Waals surface area contributed by atoms with Crippen LogP contribution >= 0.6 is 7.60 Å². The number of rotatable bonds is 25. The molecule has 0 aliphatic heterocycles. The van der Waals surface area contributed by atoms with E-state index in [1.165, 1.54) is 76.4 Å². The zero-order valence-electron chi connectivity index (χ0n) is 29.6. The van der Waals surface area contributed by atoms with Crippen molar-refractivity contribution in [2.24, 2.45) is 0 Å². The first kappa shape index (κ1) is 40.6. The number of unbranched alkanes of at least 4 members (excludes halogenated alkanes) is 12. The molecular formula is C36H66NO5PSi. The average molecular weight is 652 g/mol. The van der Waals surface area contributed by atoms with Crippen molar-refractivity contribution >= 4 is 21.8 Å². The number of benzene rings is 1. The SMILES string of the molecule is CCCCCCCCCCCCCCCC(=O)N[C@@H](/C=C/P(=O)(OCC)OCC)Cc1ccc(O[Si](C)(C)C(C)(C)C)cc1. The van der Waals surface area contributed by atoms with Crippen LogP contribution in [0.4, 0.5) is 0 Å². The minimum atomic E-state index is -3.37. The van der Waals surface area contributed by atoms with Gasteiger partial charge in [-0.15, -0.1) is 0 Å². The number of hydrogen-bond acceptors (Lipinski definition) is 5. The van der Waals surface area contributed by atoms with Gasteiger partial charge in [0, 0.05) is 12.2 Å². The van der Waals surface area contributed by atoms with Crippen LogP contribution in [-0.4, -0.2) is 33.5 Å². The minimum absolute atomic E-state index is 0.0169. The van der Waals surface area contributed by atoms with E-state index in [1.807, 2.05) is 24.3 Å². The molecule has 1 aromatic rings. The third kappa shape index (κ3) is 17.9. The first-order valence-electron chi connectivity index (χ1n) is 17.5. The lowest BCUT2D eigenvalue weighted by molar-refractivity contribution is -0.121. The van der Waals surface area contributed by atoms with Crippen molar-refractivity contribution in [3.8, 4) is 5.75 Å². The molecule has 0 aliphatic rings. The van der Waals surface area contributed by atoms with Gasteiger partial charge in [0.15, 0.2) is 0 Å². The third-order valence-corrected chi connectivity index (χ3v) is 14.7. The molecule has 44 heavy (non-hydrogen) atoms. The summed E-state index contributed by atoms with van der Waals surface area (Å²) in [6.07, 6.45) is 19.5. The predicted molar refractivity (Wildman–Crippen MR) is 190 cm³/mol. The molecule has 1 aromatic carbocycles. The predicted octanol–water partition coefficient (Wildman–Crippen LogP) is 11.4. The molecule has 0 radical (unpaired) electrons. The molecule has 0 aliphatic carbocycles. The molecule has 0 saturated heterocycles. The largest absolute Gasteiger partial charge is 0.544 e. The lowest BCUT2D eigenvalue weighted by atomic mass is 10.0. The van der Waals surface area contributed by atoms with E-state index in [0.717, 1.165) is 24.2 Å². The Hall–Kier alpha value is -1.40. The van der Waals surface area contributed by atoms with E-state index in [4.69, 9.17) is 13.5 Å². The van der Waals surface area contributed by atoms with E-state index in [-0.39, 0.29) is 30.2 Å². The molecule has 0 bridgehead atoms. The van der Waals surface area contributed by atoms with Gasteiger partial charge in [0.2, 0.25) is 14.2 Å². The summed E-state index contributed by atoms with van der Waals surface area (Å²) in [6.45, 7) is 17.6. The van der Waals surface area contributed by atoms with Crippen LogP contribution in [0.1, 0.15) is 137 Å². The number of carbonyl (C=O) groups excluding carboxylic acids is 1. The van der Waals surface area contributed by atoms with E-state index >= 15 is 0 Å². The zero-order valence-corrected chi connectivity index (χ0v) is 31.4. The molecule has 0 heterocycles. The summed E-state index contributed by atoms with van der Waals surface area (Å²) in [5.41, 5.74) is 1.06. The molecular weight excluding hydrogens is 585 g/mol. The highest BCUT2D eigenvalue weighted by atomic mass is 31.2. The molecule has 6 nitrogen and oxygen atoms in total. The van der Waals surface area contributed by atoms with Crippen LogP contribution in [-0.2, 0) is 24.8 Å². The van der Waals surface area contributed by atoms with Crippen LogP contribution < -0.4 is 9.74 Å². The van der Waals surface area contributed by atoms with Gasteiger partial charge in [0.1, 0.15) is 5.75 Å². The van der Waals surface area contributed by atoms with Gasteiger partial charge in [-0.3, -0.25) is 9.36 Å². The molecule has 1 N–H and O–H groups in total. The van der Waals surface area contributed by atoms with Gasteiger partial charge in [-0.25, -0.2) is 0 Å². The van der Waals surface area contributed by atoms with E-state index < -0.39 is 15.9 Å². The highest BCUT2D eigenvalue weighted by Gasteiger charge is 2.38. The lowest BCUT2D eigenvalue weighted by Crippen LogP contribution is -2.43. The summed E-state index contributed by atoms with van der Waals surface area (Å²) >= 11 is 0. The van der Waals surface area contributed by atoms with E-state index in [2.05, 4.69) is 46.1 Å². The Balaban J connectivity index is 2.64. The fourth-order valence-corrected chi connectivity index (χ4v) is 7.25. The van der Waals surface area contributed by atoms with Crippen molar-refractivity contribution in [1.82, 2.24) is 5.32 Å². The van der Waals surface area contributed by atoms with Gasteiger partial charge in [-0.2, -0.15) is 0 Å². The second-order valence-electron chi connectivity index (χ2n) is 13.6. The molecule has 1 amide bonds. The third-order valence-electron chi connectivity index (χ3n) is 8.53. The maximum atomic E-state index is 13.1. The summed E-state index contributed by atoms with van der Waals surface area (Å²) in [5.74, 6) is 2.39. The Morgan fingerprint density at radius 3 is 1.75 bits per heavy atom. The van der Waals surface area contributed by atoms with Crippen LogP contribution in [0.2, 0.25) is 18.1 Å². The van der Waals surface area contributed by atoms with Crippen molar-refractivity contribution in [3.63, 3.8) is 0 Å². The topological polar surface area (TPSA) is 73.9 Å². The number of amides is 1. The average Bonchev–Trinajstić information content (AvgIpc) is 2.95. The monoisotopic (exact) mass is 651 g/mol. The van der Waals surface area contributed by atoms with Crippen molar-refractivity contribution in [2.45, 2.75) is 162 Å². The second-order valence-corrected chi connectivity index (χ2v) is 20.2.